The highest BCUT2D eigenvalue weighted by molar-refractivity contribution is 7.89. The van der Waals surface area contributed by atoms with Crippen LogP contribution in [0.25, 0.3) is 0 Å². The zero-order valence-electron chi connectivity index (χ0n) is 10.4. The summed E-state index contributed by atoms with van der Waals surface area (Å²) >= 11 is 0. The first-order valence-electron chi connectivity index (χ1n) is 6.06. The van der Waals surface area contributed by atoms with Crippen molar-refractivity contribution in [3.8, 4) is 6.07 Å². The maximum absolute atomic E-state index is 12.0. The summed E-state index contributed by atoms with van der Waals surface area (Å²) in [4.78, 5) is 3.63. The van der Waals surface area contributed by atoms with Gasteiger partial charge < -0.3 is 4.74 Å². The van der Waals surface area contributed by atoms with Crippen LogP contribution < -0.4 is 4.72 Å². The van der Waals surface area contributed by atoms with Gasteiger partial charge in [0, 0.05) is 19.3 Å². The number of pyridine rings is 1. The molecule has 0 aromatic carbocycles. The van der Waals surface area contributed by atoms with E-state index in [-0.39, 0.29) is 17.1 Å². The van der Waals surface area contributed by atoms with Crippen molar-refractivity contribution in [2.45, 2.75) is 17.7 Å². The molecule has 7 heteroatoms. The number of nitriles is 1. The lowest BCUT2D eigenvalue weighted by atomic mass is 10.4. The lowest BCUT2D eigenvalue weighted by molar-refractivity contribution is 0.129. The second-order valence-electron chi connectivity index (χ2n) is 4.38. The molecular formula is C12H15N3O3S. The zero-order valence-corrected chi connectivity index (χ0v) is 11.2. The molecule has 0 atom stereocenters. The van der Waals surface area contributed by atoms with E-state index in [1.165, 1.54) is 31.2 Å². The van der Waals surface area contributed by atoms with Gasteiger partial charge in [-0.05, 0) is 30.9 Å². The molecule has 1 N–H and O–H groups in total. The van der Waals surface area contributed by atoms with Crippen molar-refractivity contribution in [3.63, 3.8) is 0 Å². The Labute approximate surface area is 112 Å². The van der Waals surface area contributed by atoms with Crippen LogP contribution in [0.4, 0.5) is 0 Å². The molecule has 1 aromatic rings. The summed E-state index contributed by atoms with van der Waals surface area (Å²) in [5.41, 5.74) is -0.103. The normalized spacial score (nSPS) is 15.1. The molecule has 0 unspecified atom stereocenters. The summed E-state index contributed by atoms with van der Waals surface area (Å²) in [5, 5.41) is 8.83. The average Bonchev–Trinajstić information content (AvgIpc) is 3.22. The number of hydrogen-bond donors (Lipinski definition) is 1. The molecule has 1 aliphatic rings. The SMILES string of the molecule is N#Cc1ncccc1S(=O)(=O)NCCOCC1CC1. The van der Waals surface area contributed by atoms with Crippen LogP contribution >= 0.6 is 0 Å². The van der Waals surface area contributed by atoms with Gasteiger partial charge in [-0.2, -0.15) is 5.26 Å². The molecule has 1 fully saturated rings. The molecule has 1 aromatic heterocycles. The topological polar surface area (TPSA) is 92.1 Å². The Morgan fingerprint density at radius 1 is 1.53 bits per heavy atom. The largest absolute Gasteiger partial charge is 0.380 e. The number of ether oxygens (including phenoxy) is 1. The first kappa shape index (κ1) is 13.9. The van der Waals surface area contributed by atoms with Crippen molar-refractivity contribution in [1.29, 1.82) is 5.26 Å². The van der Waals surface area contributed by atoms with Crippen LogP contribution in [-0.4, -0.2) is 33.2 Å². The molecular weight excluding hydrogens is 266 g/mol. The number of hydrogen-bond acceptors (Lipinski definition) is 5. The van der Waals surface area contributed by atoms with E-state index in [2.05, 4.69) is 9.71 Å². The van der Waals surface area contributed by atoms with Gasteiger partial charge in [0.05, 0.1) is 6.61 Å². The highest BCUT2D eigenvalue weighted by Crippen LogP contribution is 2.28. The molecule has 0 aliphatic heterocycles. The Balaban J connectivity index is 1.88. The quantitative estimate of drug-likeness (QED) is 0.741. The predicted octanol–water partition coefficient (Wildman–Crippen LogP) is 0.658. The fourth-order valence-corrected chi connectivity index (χ4v) is 2.67. The van der Waals surface area contributed by atoms with E-state index in [1.54, 1.807) is 6.07 Å². The molecule has 1 aliphatic carbocycles. The number of sulfonamides is 1. The highest BCUT2D eigenvalue weighted by atomic mass is 32.2. The molecule has 2 rings (SSSR count). The van der Waals surface area contributed by atoms with Crippen LogP contribution in [0.1, 0.15) is 18.5 Å². The third-order valence-corrected chi connectivity index (χ3v) is 4.25. The summed E-state index contributed by atoms with van der Waals surface area (Å²) in [7, 11) is -3.70. The summed E-state index contributed by atoms with van der Waals surface area (Å²) < 4.78 is 31.7. The first-order valence-corrected chi connectivity index (χ1v) is 7.54. The molecule has 0 saturated heterocycles. The molecule has 0 bridgehead atoms. The van der Waals surface area contributed by atoms with Gasteiger partial charge in [-0.3, -0.25) is 0 Å². The number of nitrogens with zero attached hydrogens (tertiary/aromatic N) is 2. The second kappa shape index (κ2) is 6.10. The summed E-state index contributed by atoms with van der Waals surface area (Å²) in [6, 6.07) is 4.61. The van der Waals surface area contributed by atoms with Crippen molar-refractivity contribution in [2.24, 2.45) is 5.92 Å². The van der Waals surface area contributed by atoms with Crippen LogP contribution in [-0.2, 0) is 14.8 Å². The summed E-state index contributed by atoms with van der Waals surface area (Å²) in [6.45, 7) is 1.21. The van der Waals surface area contributed by atoms with Crippen molar-refractivity contribution >= 4 is 10.0 Å². The maximum Gasteiger partial charge on any atom is 0.243 e. The van der Waals surface area contributed by atoms with Crippen molar-refractivity contribution in [2.75, 3.05) is 19.8 Å². The molecule has 0 radical (unpaired) electrons. The van der Waals surface area contributed by atoms with Crippen LogP contribution in [0.15, 0.2) is 23.2 Å². The minimum Gasteiger partial charge on any atom is -0.380 e. The predicted molar refractivity (Wildman–Crippen MR) is 67.7 cm³/mol. The minimum atomic E-state index is -3.70. The Hall–Kier alpha value is -1.49. The van der Waals surface area contributed by atoms with E-state index in [0.29, 0.717) is 19.1 Å². The van der Waals surface area contributed by atoms with Gasteiger partial charge in [0.1, 0.15) is 11.0 Å². The second-order valence-corrected chi connectivity index (χ2v) is 6.11. The highest BCUT2D eigenvalue weighted by Gasteiger charge is 2.21. The fraction of sp³-hybridized carbons (Fsp3) is 0.500. The van der Waals surface area contributed by atoms with E-state index >= 15 is 0 Å². The maximum atomic E-state index is 12.0. The van der Waals surface area contributed by atoms with Crippen molar-refractivity contribution in [3.05, 3.63) is 24.0 Å². The van der Waals surface area contributed by atoms with Crippen LogP contribution in [0.2, 0.25) is 0 Å². The fourth-order valence-electron chi connectivity index (χ4n) is 1.55. The van der Waals surface area contributed by atoms with Crippen molar-refractivity contribution in [1.82, 2.24) is 9.71 Å². The molecule has 0 spiro atoms. The molecule has 1 heterocycles. The molecule has 102 valence electrons. The number of nitrogens with one attached hydrogen (secondary N) is 1. The Kier molecular flexibility index (Phi) is 4.47. The Bertz CT molecular complexity index is 576. The van der Waals surface area contributed by atoms with Gasteiger partial charge in [0.2, 0.25) is 10.0 Å². The zero-order chi connectivity index (χ0) is 13.7. The minimum absolute atomic E-state index is 0.0975. The van der Waals surface area contributed by atoms with Crippen LogP contribution in [0.3, 0.4) is 0 Å². The van der Waals surface area contributed by atoms with Crippen LogP contribution in [0, 0.1) is 17.2 Å². The number of rotatable bonds is 7. The van der Waals surface area contributed by atoms with E-state index in [4.69, 9.17) is 10.00 Å². The summed E-state index contributed by atoms with van der Waals surface area (Å²) in [6.07, 6.45) is 3.79. The van der Waals surface area contributed by atoms with E-state index < -0.39 is 10.0 Å². The smallest absolute Gasteiger partial charge is 0.243 e. The molecule has 0 amide bonds. The van der Waals surface area contributed by atoms with Gasteiger partial charge in [0.25, 0.3) is 0 Å². The van der Waals surface area contributed by atoms with E-state index in [9.17, 15) is 8.42 Å². The number of aromatic nitrogens is 1. The Morgan fingerprint density at radius 2 is 2.32 bits per heavy atom. The van der Waals surface area contributed by atoms with Gasteiger partial charge in [-0.25, -0.2) is 18.1 Å². The Morgan fingerprint density at radius 3 is 3.00 bits per heavy atom. The molecule has 1 saturated carbocycles. The van der Waals surface area contributed by atoms with Gasteiger partial charge >= 0.3 is 0 Å². The van der Waals surface area contributed by atoms with E-state index in [0.717, 1.165) is 0 Å². The van der Waals surface area contributed by atoms with Gasteiger partial charge in [-0.1, -0.05) is 0 Å². The summed E-state index contributed by atoms with van der Waals surface area (Å²) in [5.74, 6) is 0.653. The molecule has 6 nitrogen and oxygen atoms in total. The van der Waals surface area contributed by atoms with E-state index in [1.807, 2.05) is 0 Å². The lowest BCUT2D eigenvalue weighted by Gasteiger charge is -2.07. The van der Waals surface area contributed by atoms with Gasteiger partial charge in [0.15, 0.2) is 5.69 Å². The average molecular weight is 281 g/mol. The first-order chi connectivity index (χ1) is 9.13. The van der Waals surface area contributed by atoms with Crippen LogP contribution in [0.5, 0.6) is 0 Å². The monoisotopic (exact) mass is 281 g/mol. The van der Waals surface area contributed by atoms with Gasteiger partial charge in [-0.15, -0.1) is 0 Å². The third kappa shape index (κ3) is 3.99. The third-order valence-electron chi connectivity index (χ3n) is 2.76. The van der Waals surface area contributed by atoms with Crippen molar-refractivity contribution < 1.29 is 13.2 Å². The molecule has 19 heavy (non-hydrogen) atoms. The standard InChI is InChI=1S/C12H15N3O3S/c13-8-11-12(2-1-5-14-11)19(16,17)15-6-7-18-9-10-3-4-10/h1-2,5,10,15H,3-4,6-7,9H2. The lowest BCUT2D eigenvalue weighted by Crippen LogP contribution is -2.28.